The van der Waals surface area contributed by atoms with E-state index in [1.807, 2.05) is 13.8 Å². The molecule has 0 saturated heterocycles. The van der Waals surface area contributed by atoms with Crippen molar-refractivity contribution in [3.63, 3.8) is 0 Å². The topological polar surface area (TPSA) is 52.6 Å². The monoisotopic (exact) mass is 274 g/mol. The standard InChI is InChI=1S/C14H18O4.Na.H/c1-3-9-17-13(15)11-5-7-12(8-6-11)14(16)18-10-4-2;;/h5-8H,3-4,9-10H2,1-2H3;;/q;+1;-1. The van der Waals surface area contributed by atoms with Gasteiger partial charge < -0.3 is 10.9 Å². The quantitative estimate of drug-likeness (QED) is 0.538. The summed E-state index contributed by atoms with van der Waals surface area (Å²) in [7, 11) is 0. The van der Waals surface area contributed by atoms with Gasteiger partial charge in [0.05, 0.1) is 24.3 Å². The fourth-order valence-corrected chi connectivity index (χ4v) is 1.30. The number of hydrogen-bond donors (Lipinski definition) is 0. The van der Waals surface area contributed by atoms with Gasteiger partial charge in [-0.25, -0.2) is 9.59 Å². The van der Waals surface area contributed by atoms with Crippen LogP contribution < -0.4 is 29.6 Å². The maximum absolute atomic E-state index is 11.5. The molecule has 0 unspecified atom stereocenters. The van der Waals surface area contributed by atoms with Gasteiger partial charge >= 0.3 is 41.5 Å². The molecule has 0 fully saturated rings. The Labute approximate surface area is 137 Å². The number of rotatable bonds is 6. The van der Waals surface area contributed by atoms with E-state index in [1.54, 1.807) is 24.3 Å². The van der Waals surface area contributed by atoms with E-state index in [4.69, 9.17) is 9.47 Å². The second-order valence-electron chi connectivity index (χ2n) is 3.85. The SMILES string of the molecule is CCCOC(=O)c1ccc(C(=O)OCCC)cc1.[H-].[Na+]. The second-order valence-corrected chi connectivity index (χ2v) is 3.85. The van der Waals surface area contributed by atoms with E-state index in [1.165, 1.54) is 0 Å². The average molecular weight is 274 g/mol. The smallest absolute Gasteiger partial charge is 1.00 e. The van der Waals surface area contributed by atoms with Crippen molar-refractivity contribution in [2.75, 3.05) is 13.2 Å². The normalized spacial score (nSPS) is 9.37. The average Bonchev–Trinajstić information content (AvgIpc) is 2.42. The molecule has 1 rings (SSSR count). The molecular formula is C14H19NaO4. The van der Waals surface area contributed by atoms with Crippen LogP contribution in [0.2, 0.25) is 0 Å². The first-order valence-corrected chi connectivity index (χ1v) is 6.13. The predicted octanol–water partition coefficient (Wildman–Crippen LogP) is -0.0633. The number of esters is 2. The molecule has 0 N–H and O–H groups in total. The zero-order valence-corrected chi connectivity index (χ0v) is 13.8. The van der Waals surface area contributed by atoms with Crippen molar-refractivity contribution in [3.8, 4) is 0 Å². The van der Waals surface area contributed by atoms with Gasteiger partial charge in [0.15, 0.2) is 0 Å². The molecule has 0 saturated carbocycles. The third kappa shape index (κ3) is 6.23. The Hall–Kier alpha value is -0.840. The summed E-state index contributed by atoms with van der Waals surface area (Å²) in [5.74, 6) is -0.740. The molecule has 0 spiro atoms. The van der Waals surface area contributed by atoms with Crippen LogP contribution in [-0.4, -0.2) is 25.2 Å². The first-order chi connectivity index (χ1) is 8.69. The van der Waals surface area contributed by atoms with E-state index >= 15 is 0 Å². The Morgan fingerprint density at radius 3 is 1.47 bits per heavy atom. The molecule has 1 aromatic rings. The van der Waals surface area contributed by atoms with Crippen LogP contribution in [0.4, 0.5) is 0 Å². The summed E-state index contributed by atoms with van der Waals surface area (Å²) in [6, 6.07) is 6.28. The van der Waals surface area contributed by atoms with Crippen LogP contribution >= 0.6 is 0 Å². The first kappa shape index (κ1) is 18.2. The van der Waals surface area contributed by atoms with E-state index in [2.05, 4.69) is 0 Å². The van der Waals surface area contributed by atoms with Crippen LogP contribution in [0.15, 0.2) is 24.3 Å². The molecule has 0 bridgehead atoms. The van der Waals surface area contributed by atoms with Gasteiger partial charge in [-0.05, 0) is 37.1 Å². The maximum atomic E-state index is 11.5. The first-order valence-electron chi connectivity index (χ1n) is 6.13. The van der Waals surface area contributed by atoms with Crippen molar-refractivity contribution < 1.29 is 50.0 Å². The molecule has 5 heteroatoms. The van der Waals surface area contributed by atoms with Crippen molar-refractivity contribution in [2.45, 2.75) is 26.7 Å². The van der Waals surface area contributed by atoms with Gasteiger partial charge in [-0.3, -0.25) is 0 Å². The Morgan fingerprint density at radius 2 is 1.21 bits per heavy atom. The Kier molecular flexibility index (Phi) is 9.57. The minimum absolute atomic E-state index is 0. The van der Waals surface area contributed by atoms with Crippen LogP contribution in [0.3, 0.4) is 0 Å². The molecule has 0 aliphatic heterocycles. The molecule has 0 heterocycles. The van der Waals surface area contributed by atoms with Crippen LogP contribution in [0.5, 0.6) is 0 Å². The van der Waals surface area contributed by atoms with Gasteiger partial charge in [0, 0.05) is 0 Å². The minimum Gasteiger partial charge on any atom is -1.00 e. The van der Waals surface area contributed by atoms with E-state index in [9.17, 15) is 9.59 Å². The van der Waals surface area contributed by atoms with Crippen molar-refractivity contribution in [1.82, 2.24) is 0 Å². The molecule has 0 aliphatic carbocycles. The Bertz CT molecular complexity index is 367. The summed E-state index contributed by atoms with van der Waals surface area (Å²) in [5.41, 5.74) is 0.881. The van der Waals surface area contributed by atoms with Crippen LogP contribution in [0, 0.1) is 0 Å². The Balaban J connectivity index is 0. The van der Waals surface area contributed by atoms with E-state index in [0.29, 0.717) is 24.3 Å². The molecule has 1 aromatic carbocycles. The Morgan fingerprint density at radius 1 is 0.895 bits per heavy atom. The zero-order valence-electron chi connectivity index (χ0n) is 12.8. The number of benzene rings is 1. The third-order valence-corrected chi connectivity index (χ3v) is 2.23. The van der Waals surface area contributed by atoms with Gasteiger partial charge in [-0.15, -0.1) is 0 Å². The summed E-state index contributed by atoms with van der Waals surface area (Å²) in [6.45, 7) is 4.67. The fraction of sp³-hybridized carbons (Fsp3) is 0.429. The van der Waals surface area contributed by atoms with Crippen LogP contribution in [0.1, 0.15) is 48.8 Å². The van der Waals surface area contributed by atoms with E-state index < -0.39 is 0 Å². The van der Waals surface area contributed by atoms with Gasteiger partial charge in [0.2, 0.25) is 0 Å². The van der Waals surface area contributed by atoms with Crippen molar-refractivity contribution >= 4 is 11.9 Å². The molecule has 4 nitrogen and oxygen atoms in total. The number of carbonyl (C=O) groups excluding carboxylic acids is 2. The number of carbonyl (C=O) groups is 2. The maximum Gasteiger partial charge on any atom is 1.00 e. The summed E-state index contributed by atoms with van der Waals surface area (Å²) in [6.07, 6.45) is 1.57. The molecule has 100 valence electrons. The van der Waals surface area contributed by atoms with Gasteiger partial charge in [-0.1, -0.05) is 13.8 Å². The molecule has 0 aliphatic rings. The molecular weight excluding hydrogens is 255 g/mol. The van der Waals surface area contributed by atoms with E-state index in [0.717, 1.165) is 12.8 Å². The summed E-state index contributed by atoms with van der Waals surface area (Å²) < 4.78 is 9.97. The second kappa shape index (κ2) is 10.0. The van der Waals surface area contributed by atoms with Crippen LogP contribution in [0.25, 0.3) is 0 Å². The molecule has 0 atom stereocenters. The summed E-state index contributed by atoms with van der Waals surface area (Å²) in [4.78, 5) is 23.0. The van der Waals surface area contributed by atoms with Gasteiger partial charge in [0.25, 0.3) is 0 Å². The fourth-order valence-electron chi connectivity index (χ4n) is 1.30. The third-order valence-electron chi connectivity index (χ3n) is 2.23. The van der Waals surface area contributed by atoms with Crippen molar-refractivity contribution in [1.29, 1.82) is 0 Å². The summed E-state index contributed by atoms with van der Waals surface area (Å²) in [5, 5.41) is 0. The van der Waals surface area contributed by atoms with Gasteiger partial charge in [0.1, 0.15) is 0 Å². The zero-order chi connectivity index (χ0) is 13.4. The van der Waals surface area contributed by atoms with Crippen LogP contribution in [-0.2, 0) is 9.47 Å². The van der Waals surface area contributed by atoms with Gasteiger partial charge in [-0.2, -0.15) is 0 Å². The molecule has 0 radical (unpaired) electrons. The summed E-state index contributed by atoms with van der Waals surface area (Å²) >= 11 is 0. The number of hydrogen-bond acceptors (Lipinski definition) is 4. The van der Waals surface area contributed by atoms with Crippen molar-refractivity contribution in [3.05, 3.63) is 35.4 Å². The largest absolute Gasteiger partial charge is 1.00 e. The molecule has 0 amide bonds. The van der Waals surface area contributed by atoms with Crippen molar-refractivity contribution in [2.24, 2.45) is 0 Å². The molecule has 0 aromatic heterocycles. The molecule has 19 heavy (non-hydrogen) atoms. The number of ether oxygens (including phenoxy) is 2. The van der Waals surface area contributed by atoms with E-state index in [-0.39, 0.29) is 42.9 Å². The minimum atomic E-state index is -0.370. The predicted molar refractivity (Wildman–Crippen MR) is 68.7 cm³/mol.